The fourth-order valence-electron chi connectivity index (χ4n) is 3.20. The van der Waals surface area contributed by atoms with Crippen LogP contribution in [0.2, 0.25) is 0 Å². The third-order valence-corrected chi connectivity index (χ3v) is 5.81. The van der Waals surface area contributed by atoms with Crippen LogP contribution in [0.5, 0.6) is 11.5 Å². The minimum absolute atomic E-state index is 0.156. The molecule has 1 N–H and O–H groups in total. The van der Waals surface area contributed by atoms with Gasteiger partial charge in [0.15, 0.2) is 11.5 Å². The molecular formula is C23H26N2O6S. The maximum Gasteiger partial charge on any atom is 0.289 e. The molecule has 1 atom stereocenters. The van der Waals surface area contributed by atoms with E-state index in [-0.39, 0.29) is 35.4 Å². The molecule has 8 nitrogen and oxygen atoms in total. The number of amides is 3. The first-order valence-electron chi connectivity index (χ1n) is 10.1. The molecule has 1 aliphatic rings. The smallest absolute Gasteiger partial charge is 0.289 e. The summed E-state index contributed by atoms with van der Waals surface area (Å²) >= 11 is 0.991. The predicted molar refractivity (Wildman–Crippen MR) is 121 cm³/mol. The van der Waals surface area contributed by atoms with Gasteiger partial charge in [0.05, 0.1) is 32.1 Å². The van der Waals surface area contributed by atoms with Crippen molar-refractivity contribution >= 4 is 28.8 Å². The number of benzene rings is 2. The summed E-state index contributed by atoms with van der Waals surface area (Å²) in [4.78, 5) is 37.7. The fraction of sp³-hybridized carbons (Fsp3) is 0.348. The van der Waals surface area contributed by atoms with E-state index in [1.807, 2.05) is 19.1 Å². The second-order valence-electron chi connectivity index (χ2n) is 7.18. The van der Waals surface area contributed by atoms with E-state index in [9.17, 15) is 14.4 Å². The molecule has 0 aliphatic carbocycles. The number of thioether (sulfide) groups is 1. The molecule has 0 bridgehead atoms. The van der Waals surface area contributed by atoms with Crippen LogP contribution in [-0.2, 0) is 16.1 Å². The summed E-state index contributed by atoms with van der Waals surface area (Å²) in [5.74, 6) is 0.860. The van der Waals surface area contributed by atoms with Crippen LogP contribution in [0, 0.1) is 0 Å². The van der Waals surface area contributed by atoms with Gasteiger partial charge in [0.25, 0.3) is 11.1 Å². The Labute approximate surface area is 191 Å². The van der Waals surface area contributed by atoms with Crippen LogP contribution >= 0.6 is 11.8 Å². The summed E-state index contributed by atoms with van der Waals surface area (Å²) in [6, 6.07) is 12.1. The van der Waals surface area contributed by atoms with E-state index in [2.05, 4.69) is 5.32 Å². The van der Waals surface area contributed by atoms with Crippen molar-refractivity contribution in [2.45, 2.75) is 19.5 Å². The van der Waals surface area contributed by atoms with Crippen LogP contribution in [0.3, 0.4) is 0 Å². The second kappa shape index (κ2) is 11.0. The number of hydrogen-bond donors (Lipinski definition) is 1. The van der Waals surface area contributed by atoms with Gasteiger partial charge in [-0.3, -0.25) is 19.3 Å². The highest BCUT2D eigenvalue weighted by atomic mass is 32.2. The van der Waals surface area contributed by atoms with E-state index in [0.717, 1.165) is 17.3 Å². The lowest BCUT2D eigenvalue weighted by molar-refractivity contribution is -0.125. The molecule has 9 heteroatoms. The molecule has 0 saturated carbocycles. The highest BCUT2D eigenvalue weighted by Gasteiger charge is 2.29. The molecular weight excluding hydrogens is 432 g/mol. The molecule has 2 aromatic rings. The van der Waals surface area contributed by atoms with Gasteiger partial charge >= 0.3 is 0 Å². The lowest BCUT2D eigenvalue weighted by Gasteiger charge is -2.18. The average molecular weight is 459 g/mol. The van der Waals surface area contributed by atoms with Crippen molar-refractivity contribution < 1.29 is 28.6 Å². The number of imide groups is 1. The number of hydrogen-bond acceptors (Lipinski definition) is 7. The Kier molecular flexibility index (Phi) is 8.13. The summed E-state index contributed by atoms with van der Waals surface area (Å²) in [6.07, 6.45) is 0. The first-order valence-corrected chi connectivity index (χ1v) is 11.1. The first kappa shape index (κ1) is 23.6. The van der Waals surface area contributed by atoms with Crippen molar-refractivity contribution in [1.82, 2.24) is 10.2 Å². The normalized spacial score (nSPS) is 14.4. The molecule has 170 valence electrons. The van der Waals surface area contributed by atoms with Gasteiger partial charge < -0.3 is 19.5 Å². The zero-order valence-corrected chi connectivity index (χ0v) is 19.1. The summed E-state index contributed by atoms with van der Waals surface area (Å²) < 4.78 is 16.0. The van der Waals surface area contributed by atoms with E-state index < -0.39 is 0 Å². The average Bonchev–Trinajstić information content (AvgIpc) is 3.11. The largest absolute Gasteiger partial charge is 0.493 e. The van der Waals surface area contributed by atoms with Gasteiger partial charge in [-0.05, 0) is 42.3 Å². The first-order chi connectivity index (χ1) is 15.4. The highest BCUT2D eigenvalue weighted by molar-refractivity contribution is 8.14. The predicted octanol–water partition coefficient (Wildman–Crippen LogP) is 3.41. The van der Waals surface area contributed by atoms with Crippen LogP contribution in [0.25, 0.3) is 0 Å². The van der Waals surface area contributed by atoms with E-state index in [1.54, 1.807) is 44.6 Å². The third-order valence-electron chi connectivity index (χ3n) is 4.95. The quantitative estimate of drug-likeness (QED) is 0.545. The Morgan fingerprint density at radius 3 is 2.62 bits per heavy atom. The monoisotopic (exact) mass is 458 g/mol. The molecule has 2 aromatic carbocycles. The molecule has 1 unspecified atom stereocenters. The van der Waals surface area contributed by atoms with E-state index in [4.69, 9.17) is 14.2 Å². The molecule has 1 fully saturated rings. The molecule has 3 amide bonds. The van der Waals surface area contributed by atoms with Gasteiger partial charge in [-0.15, -0.1) is 0 Å². The van der Waals surface area contributed by atoms with Gasteiger partial charge in [0.2, 0.25) is 5.91 Å². The molecule has 32 heavy (non-hydrogen) atoms. The third kappa shape index (κ3) is 5.80. The molecule has 0 spiro atoms. The van der Waals surface area contributed by atoms with E-state index >= 15 is 0 Å². The number of rotatable bonds is 10. The number of nitrogens with zero attached hydrogens (tertiary/aromatic N) is 1. The van der Waals surface area contributed by atoms with Crippen molar-refractivity contribution in [3.05, 3.63) is 59.2 Å². The Morgan fingerprint density at radius 1 is 1.12 bits per heavy atom. The lowest BCUT2D eigenvalue weighted by atomic mass is 10.1. The summed E-state index contributed by atoms with van der Waals surface area (Å²) in [7, 11) is 3.17. The van der Waals surface area contributed by atoms with Crippen LogP contribution in [0.15, 0.2) is 42.5 Å². The number of ether oxygens (including phenoxy) is 3. The maximum absolute atomic E-state index is 12.8. The lowest BCUT2D eigenvalue weighted by Crippen LogP contribution is -2.29. The maximum atomic E-state index is 12.8. The Morgan fingerprint density at radius 2 is 1.94 bits per heavy atom. The summed E-state index contributed by atoms with van der Waals surface area (Å²) in [5.41, 5.74) is 2.03. The fourth-order valence-corrected chi connectivity index (χ4v) is 3.92. The summed E-state index contributed by atoms with van der Waals surface area (Å²) in [5, 5.41) is 2.71. The van der Waals surface area contributed by atoms with E-state index in [1.165, 1.54) is 4.90 Å². The Balaban J connectivity index is 1.66. The van der Waals surface area contributed by atoms with Crippen LogP contribution in [0.4, 0.5) is 4.79 Å². The number of carbonyl (C=O) groups is 3. The second-order valence-corrected chi connectivity index (χ2v) is 8.11. The van der Waals surface area contributed by atoms with Gasteiger partial charge in [0.1, 0.15) is 6.61 Å². The molecule has 0 radical (unpaired) electrons. The summed E-state index contributed by atoms with van der Waals surface area (Å²) in [6.45, 7) is 2.90. The highest BCUT2D eigenvalue weighted by Crippen LogP contribution is 2.30. The van der Waals surface area contributed by atoms with Crippen molar-refractivity contribution in [1.29, 1.82) is 0 Å². The van der Waals surface area contributed by atoms with Crippen LogP contribution in [-0.4, -0.2) is 55.1 Å². The Hall–Kier alpha value is -3.04. The molecule has 0 aromatic heterocycles. The zero-order valence-electron chi connectivity index (χ0n) is 18.3. The molecule has 1 heterocycles. The number of nitrogens with one attached hydrogen (secondary N) is 1. The molecule has 1 saturated heterocycles. The van der Waals surface area contributed by atoms with Crippen molar-refractivity contribution in [3.63, 3.8) is 0 Å². The SMILES string of the molecule is COCCOc1ccc(C(C)NC(=O)c2cccc(CN3C(=O)CSC3=O)c2)cc1OC. The van der Waals surface area contributed by atoms with Crippen molar-refractivity contribution in [2.75, 3.05) is 33.2 Å². The van der Waals surface area contributed by atoms with Crippen molar-refractivity contribution in [3.8, 4) is 11.5 Å². The van der Waals surface area contributed by atoms with E-state index in [0.29, 0.717) is 35.8 Å². The van der Waals surface area contributed by atoms with Gasteiger partial charge in [0, 0.05) is 12.7 Å². The molecule has 1 aliphatic heterocycles. The minimum Gasteiger partial charge on any atom is -0.493 e. The topological polar surface area (TPSA) is 94.2 Å². The van der Waals surface area contributed by atoms with Gasteiger partial charge in [-0.1, -0.05) is 30.0 Å². The minimum atomic E-state index is -0.286. The van der Waals surface area contributed by atoms with Crippen LogP contribution < -0.4 is 14.8 Å². The number of methoxy groups -OCH3 is 2. The zero-order chi connectivity index (χ0) is 23.1. The van der Waals surface area contributed by atoms with Crippen molar-refractivity contribution in [2.24, 2.45) is 0 Å². The Bertz CT molecular complexity index is 980. The van der Waals surface area contributed by atoms with Gasteiger partial charge in [-0.2, -0.15) is 0 Å². The number of carbonyl (C=O) groups excluding carboxylic acids is 3. The standard InChI is InChI=1S/C23H26N2O6S/c1-15(17-7-8-19(20(12-17)30-3)31-10-9-29-2)24-22(27)18-6-4-5-16(11-18)13-25-21(26)14-32-23(25)28/h4-8,11-12,15H,9-10,13-14H2,1-3H3,(H,24,27). The van der Waals surface area contributed by atoms with Gasteiger partial charge in [-0.25, -0.2) is 0 Å². The van der Waals surface area contributed by atoms with Crippen LogP contribution in [0.1, 0.15) is 34.5 Å². The molecule has 3 rings (SSSR count).